The normalized spacial score (nSPS) is 23.0. The van der Waals surface area contributed by atoms with Crippen molar-refractivity contribution in [1.82, 2.24) is 10.6 Å². The number of ether oxygens (including phenoxy) is 1. The summed E-state index contributed by atoms with van der Waals surface area (Å²) in [4.78, 5) is 22.2. The maximum atomic E-state index is 11.3. The molecule has 1 rings (SSSR count). The van der Waals surface area contributed by atoms with Gasteiger partial charge in [-0.25, -0.2) is 0 Å². The minimum Gasteiger partial charge on any atom is -0.383 e. The highest BCUT2D eigenvalue weighted by Crippen LogP contribution is 1.99. The molecule has 0 aromatic heterocycles. The smallest absolute Gasteiger partial charge is 0.239 e. The number of methoxy groups -OCH3 is 1. The first-order valence-corrected chi connectivity index (χ1v) is 4.45. The molecule has 4 N–H and O–H groups in total. The van der Waals surface area contributed by atoms with Crippen molar-refractivity contribution in [3.8, 4) is 0 Å². The molecule has 0 radical (unpaired) electrons. The Balaban J connectivity index is 2.29. The van der Waals surface area contributed by atoms with E-state index in [4.69, 9.17) is 10.5 Å². The van der Waals surface area contributed by atoms with E-state index in [1.165, 1.54) is 7.11 Å². The number of amides is 2. The summed E-state index contributed by atoms with van der Waals surface area (Å²) < 4.78 is 4.74. The molecule has 0 aromatic carbocycles. The van der Waals surface area contributed by atoms with E-state index in [9.17, 15) is 9.59 Å². The Bertz CT molecular complexity index is 232. The van der Waals surface area contributed by atoms with Crippen LogP contribution in [0.2, 0.25) is 0 Å². The van der Waals surface area contributed by atoms with Crippen LogP contribution in [-0.2, 0) is 14.3 Å². The van der Waals surface area contributed by atoms with Gasteiger partial charge >= 0.3 is 0 Å². The summed E-state index contributed by atoms with van der Waals surface area (Å²) >= 11 is 0. The number of carbonyl (C=O) groups is 2. The molecule has 1 saturated heterocycles. The van der Waals surface area contributed by atoms with Gasteiger partial charge in [-0.3, -0.25) is 9.59 Å². The SMILES string of the molecule is COCC(N)C(=O)NC1CNC(=O)C1. The highest BCUT2D eigenvalue weighted by Gasteiger charge is 2.24. The standard InChI is InChI=1S/C8H15N3O3/c1-14-4-6(9)8(13)11-5-2-7(12)10-3-5/h5-6H,2-4,9H2,1H3,(H,10,12)(H,11,13). The van der Waals surface area contributed by atoms with Crippen LogP contribution in [0.25, 0.3) is 0 Å². The Labute approximate surface area is 82.2 Å². The lowest BCUT2D eigenvalue weighted by atomic mass is 10.2. The van der Waals surface area contributed by atoms with Gasteiger partial charge in [-0.05, 0) is 0 Å². The Morgan fingerprint density at radius 3 is 3.07 bits per heavy atom. The van der Waals surface area contributed by atoms with Crippen LogP contribution in [0.15, 0.2) is 0 Å². The molecule has 80 valence electrons. The summed E-state index contributed by atoms with van der Waals surface area (Å²) in [6, 6.07) is -0.811. The summed E-state index contributed by atoms with van der Waals surface area (Å²) in [6.07, 6.45) is 0.325. The zero-order valence-corrected chi connectivity index (χ0v) is 8.08. The lowest BCUT2D eigenvalue weighted by Gasteiger charge is -2.14. The van der Waals surface area contributed by atoms with Crippen molar-refractivity contribution in [1.29, 1.82) is 0 Å². The first-order chi connectivity index (χ1) is 6.63. The summed E-state index contributed by atoms with van der Waals surface area (Å²) in [5.74, 6) is -0.330. The van der Waals surface area contributed by atoms with E-state index in [1.54, 1.807) is 0 Å². The van der Waals surface area contributed by atoms with Gasteiger partial charge in [-0.15, -0.1) is 0 Å². The van der Waals surface area contributed by atoms with Gasteiger partial charge in [-0.2, -0.15) is 0 Å². The molecular weight excluding hydrogens is 186 g/mol. The molecule has 1 fully saturated rings. The van der Waals surface area contributed by atoms with Crippen LogP contribution >= 0.6 is 0 Å². The number of rotatable bonds is 4. The zero-order chi connectivity index (χ0) is 10.6. The van der Waals surface area contributed by atoms with Crippen molar-refractivity contribution in [2.45, 2.75) is 18.5 Å². The minimum absolute atomic E-state index is 0.0457. The van der Waals surface area contributed by atoms with Crippen molar-refractivity contribution in [3.05, 3.63) is 0 Å². The number of carbonyl (C=O) groups excluding carboxylic acids is 2. The van der Waals surface area contributed by atoms with Crippen LogP contribution in [0.4, 0.5) is 0 Å². The lowest BCUT2D eigenvalue weighted by Crippen LogP contribution is -2.48. The summed E-state index contributed by atoms with van der Waals surface area (Å²) in [5.41, 5.74) is 5.50. The van der Waals surface area contributed by atoms with Gasteiger partial charge in [0.25, 0.3) is 0 Å². The number of hydrogen-bond acceptors (Lipinski definition) is 4. The molecule has 0 aliphatic carbocycles. The van der Waals surface area contributed by atoms with Crippen LogP contribution in [0.3, 0.4) is 0 Å². The fourth-order valence-electron chi connectivity index (χ4n) is 1.27. The van der Waals surface area contributed by atoms with Crippen molar-refractivity contribution < 1.29 is 14.3 Å². The van der Waals surface area contributed by atoms with E-state index in [2.05, 4.69) is 10.6 Å². The van der Waals surface area contributed by atoms with E-state index < -0.39 is 6.04 Å². The summed E-state index contributed by atoms with van der Waals surface area (Å²) in [5, 5.41) is 5.29. The number of hydrogen-bond donors (Lipinski definition) is 3. The van der Waals surface area contributed by atoms with Crippen molar-refractivity contribution in [2.75, 3.05) is 20.3 Å². The summed E-state index contributed by atoms with van der Waals surface area (Å²) in [6.45, 7) is 0.657. The third-order valence-electron chi connectivity index (χ3n) is 2.01. The molecule has 2 atom stereocenters. The second-order valence-electron chi connectivity index (χ2n) is 3.28. The third-order valence-corrected chi connectivity index (χ3v) is 2.01. The van der Waals surface area contributed by atoms with Gasteiger partial charge in [0.15, 0.2) is 0 Å². The van der Waals surface area contributed by atoms with Crippen LogP contribution in [-0.4, -0.2) is 44.2 Å². The third kappa shape index (κ3) is 2.97. The first-order valence-electron chi connectivity index (χ1n) is 4.45. The second kappa shape index (κ2) is 4.92. The Kier molecular flexibility index (Phi) is 3.84. The highest BCUT2D eigenvalue weighted by molar-refractivity contribution is 5.84. The van der Waals surface area contributed by atoms with E-state index in [-0.39, 0.29) is 24.5 Å². The molecule has 0 aromatic rings. The molecule has 6 nitrogen and oxygen atoms in total. The fraction of sp³-hybridized carbons (Fsp3) is 0.750. The lowest BCUT2D eigenvalue weighted by molar-refractivity contribution is -0.124. The molecular formula is C8H15N3O3. The van der Waals surface area contributed by atoms with Gasteiger partial charge in [0.05, 0.1) is 12.6 Å². The average Bonchev–Trinajstić information content (AvgIpc) is 2.51. The average molecular weight is 201 g/mol. The molecule has 14 heavy (non-hydrogen) atoms. The molecule has 2 amide bonds. The highest BCUT2D eigenvalue weighted by atomic mass is 16.5. The Morgan fingerprint density at radius 1 is 1.86 bits per heavy atom. The van der Waals surface area contributed by atoms with Gasteiger partial charge in [0.2, 0.25) is 11.8 Å². The molecule has 2 unspecified atom stereocenters. The van der Waals surface area contributed by atoms with E-state index in [0.29, 0.717) is 13.0 Å². The van der Waals surface area contributed by atoms with Crippen LogP contribution < -0.4 is 16.4 Å². The quantitative estimate of drug-likeness (QED) is 0.488. The monoisotopic (exact) mass is 201 g/mol. The first kappa shape index (κ1) is 10.9. The zero-order valence-electron chi connectivity index (χ0n) is 8.08. The van der Waals surface area contributed by atoms with Crippen LogP contribution in [0.5, 0.6) is 0 Å². The van der Waals surface area contributed by atoms with Crippen molar-refractivity contribution >= 4 is 11.8 Å². The van der Waals surface area contributed by atoms with Crippen molar-refractivity contribution in [3.63, 3.8) is 0 Å². The second-order valence-corrected chi connectivity index (χ2v) is 3.28. The van der Waals surface area contributed by atoms with E-state index in [0.717, 1.165) is 0 Å². The van der Waals surface area contributed by atoms with E-state index >= 15 is 0 Å². The summed E-state index contributed by atoms with van der Waals surface area (Å²) in [7, 11) is 1.48. The van der Waals surface area contributed by atoms with Gasteiger partial charge in [0.1, 0.15) is 6.04 Å². The number of nitrogens with two attached hydrogens (primary N) is 1. The molecule has 1 aliphatic heterocycles. The number of nitrogens with one attached hydrogen (secondary N) is 2. The molecule has 0 saturated carbocycles. The van der Waals surface area contributed by atoms with Gasteiger partial charge in [-0.1, -0.05) is 0 Å². The maximum Gasteiger partial charge on any atom is 0.239 e. The molecule has 0 bridgehead atoms. The minimum atomic E-state index is -0.671. The Hall–Kier alpha value is -1.14. The molecule has 0 spiro atoms. The topological polar surface area (TPSA) is 93.4 Å². The molecule has 1 aliphatic rings. The maximum absolute atomic E-state index is 11.3. The van der Waals surface area contributed by atoms with Crippen molar-refractivity contribution in [2.24, 2.45) is 5.73 Å². The Morgan fingerprint density at radius 2 is 2.57 bits per heavy atom. The largest absolute Gasteiger partial charge is 0.383 e. The van der Waals surface area contributed by atoms with Crippen LogP contribution in [0.1, 0.15) is 6.42 Å². The molecule has 6 heteroatoms. The van der Waals surface area contributed by atoms with Crippen LogP contribution in [0, 0.1) is 0 Å². The fourth-order valence-corrected chi connectivity index (χ4v) is 1.27. The predicted octanol–water partition coefficient (Wildman–Crippen LogP) is -2.04. The molecule has 1 heterocycles. The van der Waals surface area contributed by atoms with Gasteiger partial charge < -0.3 is 21.1 Å². The van der Waals surface area contributed by atoms with E-state index in [1.807, 2.05) is 0 Å². The predicted molar refractivity (Wildman–Crippen MR) is 49.4 cm³/mol. The van der Waals surface area contributed by atoms with Gasteiger partial charge in [0, 0.05) is 20.1 Å².